The van der Waals surface area contributed by atoms with E-state index in [4.69, 9.17) is 4.74 Å². The molecule has 1 N–H and O–H groups in total. The molecule has 1 aliphatic heterocycles. The van der Waals surface area contributed by atoms with Gasteiger partial charge in [0.15, 0.2) is 0 Å². The summed E-state index contributed by atoms with van der Waals surface area (Å²) >= 11 is 0. The first kappa shape index (κ1) is 4.09. The summed E-state index contributed by atoms with van der Waals surface area (Å²) in [7, 11) is 0. The Kier molecular flexibility index (Phi) is 1.08. The Labute approximate surface area is 37.5 Å². The van der Waals surface area contributed by atoms with Crippen LogP contribution < -0.4 is 5.32 Å². The lowest BCUT2D eigenvalue weighted by Gasteiger charge is -1.90. The zero-order valence-corrected chi connectivity index (χ0v) is 3.77. The maximum atomic E-state index is 4.82. The van der Waals surface area contributed by atoms with E-state index >= 15 is 0 Å². The highest BCUT2D eigenvalue weighted by Gasteiger charge is 2.06. The van der Waals surface area contributed by atoms with Gasteiger partial charge >= 0.3 is 0 Å². The van der Waals surface area contributed by atoms with Gasteiger partial charge in [0.05, 0.1) is 6.73 Å². The summed E-state index contributed by atoms with van der Waals surface area (Å²) < 4.78 is 4.82. The molecule has 1 saturated heterocycles. The second-order valence-corrected chi connectivity index (χ2v) is 1.44. The van der Waals surface area contributed by atoms with Crippen LogP contribution in [0.15, 0.2) is 0 Å². The zero-order valence-electron chi connectivity index (χ0n) is 3.77. The summed E-state index contributed by atoms with van der Waals surface area (Å²) in [5.74, 6) is 0. The number of nitrogens with one attached hydrogen (secondary N) is 1. The van der Waals surface area contributed by atoms with E-state index in [1.54, 1.807) is 6.61 Å². The average Bonchev–Trinajstić information content (AvgIpc) is 1.86. The van der Waals surface area contributed by atoms with E-state index in [9.17, 15) is 0 Å². The van der Waals surface area contributed by atoms with E-state index in [1.165, 1.54) is 0 Å². The predicted molar refractivity (Wildman–Crippen MR) is 22.8 cm³/mol. The number of ether oxygens (including phenoxy) is 1. The molecular formula is C4H8NO. The van der Waals surface area contributed by atoms with Crippen LogP contribution in [0.1, 0.15) is 6.92 Å². The fourth-order valence-corrected chi connectivity index (χ4v) is 0.420. The molecule has 2 heteroatoms. The highest BCUT2D eigenvalue weighted by atomic mass is 16.5. The van der Waals surface area contributed by atoms with Crippen molar-refractivity contribution in [2.24, 2.45) is 0 Å². The topological polar surface area (TPSA) is 21.3 Å². The smallest absolute Gasteiger partial charge is 0.102 e. The monoisotopic (exact) mass is 86.1 g/mol. The van der Waals surface area contributed by atoms with Crippen LogP contribution in [0.3, 0.4) is 0 Å². The second-order valence-electron chi connectivity index (χ2n) is 1.44. The third kappa shape index (κ3) is 0.698. The molecule has 1 atom stereocenters. The number of hydrogen-bond donors (Lipinski definition) is 1. The van der Waals surface area contributed by atoms with Crippen molar-refractivity contribution in [3.8, 4) is 0 Å². The molecule has 0 aromatic heterocycles. The zero-order chi connectivity index (χ0) is 4.41. The first-order chi connectivity index (χ1) is 2.89. The summed E-state index contributed by atoms with van der Waals surface area (Å²) in [6.07, 6.45) is 0. The van der Waals surface area contributed by atoms with Crippen molar-refractivity contribution in [2.75, 3.05) is 6.73 Å². The van der Waals surface area contributed by atoms with Gasteiger partial charge in [0.25, 0.3) is 0 Å². The lowest BCUT2D eigenvalue weighted by molar-refractivity contribution is 0.245. The maximum absolute atomic E-state index is 4.82. The third-order valence-corrected chi connectivity index (χ3v) is 0.789. The van der Waals surface area contributed by atoms with E-state index in [0.29, 0.717) is 12.8 Å². The molecule has 0 spiro atoms. The summed E-state index contributed by atoms with van der Waals surface area (Å²) in [6.45, 7) is 4.52. The molecule has 0 saturated carbocycles. The van der Waals surface area contributed by atoms with Gasteiger partial charge in [-0.15, -0.1) is 0 Å². The van der Waals surface area contributed by atoms with Crippen molar-refractivity contribution in [3.05, 3.63) is 6.61 Å². The molecule has 1 fully saturated rings. The molecule has 6 heavy (non-hydrogen) atoms. The molecule has 35 valence electrons. The van der Waals surface area contributed by atoms with Gasteiger partial charge in [-0.25, -0.2) is 0 Å². The quantitative estimate of drug-likeness (QED) is 0.452. The fourth-order valence-electron chi connectivity index (χ4n) is 0.420. The standard InChI is InChI=1S/C4H8NO/c1-4-2-6-3-5-4/h2,4-5H,3H2,1H3. The van der Waals surface area contributed by atoms with Crippen LogP contribution in [0.25, 0.3) is 0 Å². The molecule has 0 bridgehead atoms. The first-order valence-corrected chi connectivity index (χ1v) is 2.08. The van der Waals surface area contributed by atoms with Gasteiger partial charge in [0, 0.05) is 6.04 Å². The lowest BCUT2D eigenvalue weighted by Crippen LogP contribution is -2.16. The Morgan fingerprint density at radius 2 is 2.83 bits per heavy atom. The third-order valence-electron chi connectivity index (χ3n) is 0.789. The van der Waals surface area contributed by atoms with Crippen molar-refractivity contribution in [1.82, 2.24) is 5.32 Å². The molecule has 0 amide bonds. The van der Waals surface area contributed by atoms with E-state index in [2.05, 4.69) is 5.32 Å². The molecule has 0 aromatic carbocycles. The average molecular weight is 86.1 g/mol. The molecule has 1 rings (SSSR count). The van der Waals surface area contributed by atoms with Gasteiger partial charge in [-0.1, -0.05) is 0 Å². The van der Waals surface area contributed by atoms with Crippen LogP contribution in [0, 0.1) is 6.61 Å². The van der Waals surface area contributed by atoms with Gasteiger partial charge in [-0.05, 0) is 6.92 Å². The second kappa shape index (κ2) is 1.58. The minimum Gasteiger partial charge on any atom is -0.359 e. The van der Waals surface area contributed by atoms with Crippen molar-refractivity contribution in [1.29, 1.82) is 0 Å². The largest absolute Gasteiger partial charge is 0.359 e. The Balaban J connectivity index is 2.18. The fraction of sp³-hybridized carbons (Fsp3) is 0.750. The summed E-state index contributed by atoms with van der Waals surface area (Å²) in [6, 6.07) is 0.449. The van der Waals surface area contributed by atoms with Crippen LogP contribution >= 0.6 is 0 Å². The Bertz CT molecular complexity index is 40.8. The molecule has 1 heterocycles. The van der Waals surface area contributed by atoms with E-state index in [1.807, 2.05) is 6.92 Å². The van der Waals surface area contributed by atoms with E-state index in [-0.39, 0.29) is 0 Å². The first-order valence-electron chi connectivity index (χ1n) is 2.08. The van der Waals surface area contributed by atoms with Crippen LogP contribution in [0.5, 0.6) is 0 Å². The highest BCUT2D eigenvalue weighted by molar-refractivity contribution is 4.72. The lowest BCUT2D eigenvalue weighted by atomic mass is 10.4. The Hall–Kier alpha value is -0.0800. The van der Waals surface area contributed by atoms with Gasteiger partial charge < -0.3 is 4.74 Å². The molecule has 1 unspecified atom stereocenters. The van der Waals surface area contributed by atoms with Crippen LogP contribution in [0.2, 0.25) is 0 Å². The summed E-state index contributed by atoms with van der Waals surface area (Å²) in [5.41, 5.74) is 0. The maximum Gasteiger partial charge on any atom is 0.102 e. The molecule has 2 nitrogen and oxygen atoms in total. The van der Waals surface area contributed by atoms with Crippen LogP contribution in [-0.2, 0) is 4.74 Å². The van der Waals surface area contributed by atoms with E-state index in [0.717, 1.165) is 0 Å². The minimum absolute atomic E-state index is 0.449. The van der Waals surface area contributed by atoms with Crippen LogP contribution in [0.4, 0.5) is 0 Å². The molecule has 0 aromatic rings. The Morgan fingerprint density at radius 1 is 2.00 bits per heavy atom. The van der Waals surface area contributed by atoms with Gasteiger partial charge in [-0.3, -0.25) is 5.32 Å². The number of rotatable bonds is 0. The molecule has 1 aliphatic rings. The van der Waals surface area contributed by atoms with Crippen molar-refractivity contribution < 1.29 is 4.74 Å². The minimum atomic E-state index is 0.449. The highest BCUT2D eigenvalue weighted by Crippen LogP contribution is 1.95. The van der Waals surface area contributed by atoms with Crippen LogP contribution in [-0.4, -0.2) is 12.8 Å². The predicted octanol–water partition coefficient (Wildman–Crippen LogP) is 0.114. The van der Waals surface area contributed by atoms with Gasteiger partial charge in [0.1, 0.15) is 6.61 Å². The van der Waals surface area contributed by atoms with Crippen molar-refractivity contribution in [3.63, 3.8) is 0 Å². The summed E-state index contributed by atoms with van der Waals surface area (Å²) in [5, 5.41) is 3.04. The normalized spacial score (nSPS) is 34.5. The van der Waals surface area contributed by atoms with E-state index < -0.39 is 0 Å². The number of hydrogen-bond acceptors (Lipinski definition) is 2. The van der Waals surface area contributed by atoms with Gasteiger partial charge in [-0.2, -0.15) is 0 Å². The molecule has 0 aliphatic carbocycles. The SMILES string of the molecule is CC1[CH]OCN1. The van der Waals surface area contributed by atoms with Crippen molar-refractivity contribution in [2.45, 2.75) is 13.0 Å². The van der Waals surface area contributed by atoms with Crippen molar-refractivity contribution >= 4 is 0 Å². The van der Waals surface area contributed by atoms with Gasteiger partial charge in [0.2, 0.25) is 0 Å². The molecular weight excluding hydrogens is 78.1 g/mol. The summed E-state index contributed by atoms with van der Waals surface area (Å²) in [4.78, 5) is 0. The Morgan fingerprint density at radius 3 is 3.00 bits per heavy atom. The molecule has 1 radical (unpaired) electrons.